The Kier molecular flexibility index (Phi) is 6.13. The van der Waals surface area contributed by atoms with E-state index in [2.05, 4.69) is 10.4 Å². The molecule has 0 saturated carbocycles. The van der Waals surface area contributed by atoms with Crippen LogP contribution in [0.4, 0.5) is 5.00 Å². The number of esters is 1. The van der Waals surface area contributed by atoms with Gasteiger partial charge in [0.05, 0.1) is 23.9 Å². The molecule has 9 heteroatoms. The Morgan fingerprint density at radius 1 is 1.32 bits per heavy atom. The molecule has 28 heavy (non-hydrogen) atoms. The molecule has 2 aromatic rings. The zero-order valence-corrected chi connectivity index (χ0v) is 16.7. The summed E-state index contributed by atoms with van der Waals surface area (Å²) in [6.45, 7) is 3.63. The van der Waals surface area contributed by atoms with Crippen LogP contribution in [-0.4, -0.2) is 39.3 Å². The normalized spacial score (nSPS) is 14.6. The minimum absolute atomic E-state index is 0.00898. The van der Waals surface area contributed by atoms with Crippen LogP contribution in [0.25, 0.3) is 0 Å². The molecule has 0 aliphatic heterocycles. The van der Waals surface area contributed by atoms with Gasteiger partial charge in [0.15, 0.2) is 0 Å². The molecule has 150 valence electrons. The maximum Gasteiger partial charge on any atom is 0.341 e. The van der Waals surface area contributed by atoms with Gasteiger partial charge in [-0.05, 0) is 45.1 Å². The summed E-state index contributed by atoms with van der Waals surface area (Å²) in [5.74, 6) is -1.90. The molecule has 0 aromatic carbocycles. The van der Waals surface area contributed by atoms with Crippen LogP contribution >= 0.6 is 11.3 Å². The number of nitrogens with one attached hydrogen (secondary N) is 1. The standard InChI is InChI=1S/C19H23N3O5S/c1-3-27-19(26)15-13-7-5-4-6-8-14(13)28-17(15)21-16(23)11(2)22-10-12(9-20-22)18(24)25/h9-11H,3-8H2,1-2H3,(H,21,23)(H,24,25). The zero-order valence-electron chi connectivity index (χ0n) is 15.9. The van der Waals surface area contributed by atoms with Crippen LogP contribution in [0.1, 0.15) is 70.3 Å². The maximum absolute atomic E-state index is 12.7. The lowest BCUT2D eigenvalue weighted by molar-refractivity contribution is -0.119. The van der Waals surface area contributed by atoms with Crippen LogP contribution in [0.15, 0.2) is 12.4 Å². The smallest absolute Gasteiger partial charge is 0.341 e. The molecular weight excluding hydrogens is 382 g/mol. The molecule has 0 radical (unpaired) electrons. The molecule has 1 unspecified atom stereocenters. The topological polar surface area (TPSA) is 111 Å². The van der Waals surface area contributed by atoms with Crippen molar-refractivity contribution in [3.05, 3.63) is 34.0 Å². The van der Waals surface area contributed by atoms with Crippen LogP contribution < -0.4 is 5.32 Å². The third kappa shape index (κ3) is 4.09. The van der Waals surface area contributed by atoms with Gasteiger partial charge in [-0.25, -0.2) is 9.59 Å². The molecule has 1 atom stereocenters. The second-order valence-corrected chi connectivity index (χ2v) is 7.77. The lowest BCUT2D eigenvalue weighted by Crippen LogP contribution is -2.24. The van der Waals surface area contributed by atoms with E-state index < -0.39 is 18.0 Å². The van der Waals surface area contributed by atoms with Crippen LogP contribution in [0.2, 0.25) is 0 Å². The molecule has 1 amide bonds. The van der Waals surface area contributed by atoms with Crippen molar-refractivity contribution < 1.29 is 24.2 Å². The van der Waals surface area contributed by atoms with E-state index in [1.165, 1.54) is 28.4 Å². The van der Waals surface area contributed by atoms with Crippen molar-refractivity contribution in [3.8, 4) is 0 Å². The highest BCUT2D eigenvalue weighted by Crippen LogP contribution is 2.38. The third-order valence-electron chi connectivity index (χ3n) is 4.76. The number of carbonyl (C=O) groups excluding carboxylic acids is 2. The molecule has 8 nitrogen and oxygen atoms in total. The van der Waals surface area contributed by atoms with Crippen LogP contribution in [0, 0.1) is 0 Å². The molecule has 2 N–H and O–H groups in total. The number of amides is 1. The van der Waals surface area contributed by atoms with Gasteiger partial charge in [0.1, 0.15) is 11.0 Å². The van der Waals surface area contributed by atoms with Gasteiger partial charge in [-0.1, -0.05) is 6.42 Å². The molecule has 2 aromatic heterocycles. The molecule has 3 rings (SSSR count). The number of aromatic nitrogens is 2. The zero-order chi connectivity index (χ0) is 20.3. The van der Waals surface area contributed by atoms with Crippen molar-refractivity contribution in [2.75, 3.05) is 11.9 Å². The number of rotatable bonds is 6. The second kappa shape index (κ2) is 8.55. The number of hydrogen-bond acceptors (Lipinski definition) is 6. The maximum atomic E-state index is 12.7. The largest absolute Gasteiger partial charge is 0.478 e. The number of anilines is 1. The molecule has 0 bridgehead atoms. The number of aryl methyl sites for hydroxylation is 1. The first-order chi connectivity index (χ1) is 13.4. The average Bonchev–Trinajstić information content (AvgIpc) is 3.21. The number of fused-ring (bicyclic) bond motifs is 1. The van der Waals surface area contributed by atoms with E-state index in [4.69, 9.17) is 9.84 Å². The van der Waals surface area contributed by atoms with Gasteiger partial charge in [0.25, 0.3) is 0 Å². The number of carbonyl (C=O) groups is 3. The number of aromatic carboxylic acids is 1. The lowest BCUT2D eigenvalue weighted by Gasteiger charge is -2.13. The van der Waals surface area contributed by atoms with Gasteiger partial charge in [-0.15, -0.1) is 11.3 Å². The van der Waals surface area contributed by atoms with E-state index in [1.807, 2.05) is 0 Å². The van der Waals surface area contributed by atoms with E-state index in [0.717, 1.165) is 42.5 Å². The van der Waals surface area contributed by atoms with Crippen molar-refractivity contribution in [3.63, 3.8) is 0 Å². The van der Waals surface area contributed by atoms with Crippen LogP contribution in [0.3, 0.4) is 0 Å². The highest BCUT2D eigenvalue weighted by Gasteiger charge is 2.28. The molecular formula is C19H23N3O5S. The van der Waals surface area contributed by atoms with E-state index in [0.29, 0.717) is 10.6 Å². The summed E-state index contributed by atoms with van der Waals surface area (Å²) in [6.07, 6.45) is 7.38. The Morgan fingerprint density at radius 2 is 2.07 bits per heavy atom. The summed E-state index contributed by atoms with van der Waals surface area (Å²) in [5, 5.41) is 16.3. The molecule has 2 heterocycles. The van der Waals surface area contributed by atoms with Gasteiger partial charge >= 0.3 is 11.9 Å². The summed E-state index contributed by atoms with van der Waals surface area (Å²) in [6, 6.07) is -0.731. The third-order valence-corrected chi connectivity index (χ3v) is 5.97. The van der Waals surface area contributed by atoms with Crippen molar-refractivity contribution >= 4 is 34.2 Å². The minimum atomic E-state index is -1.11. The summed E-state index contributed by atoms with van der Waals surface area (Å²) < 4.78 is 6.52. The predicted molar refractivity (Wildman–Crippen MR) is 104 cm³/mol. The fourth-order valence-electron chi connectivity index (χ4n) is 3.25. The Balaban J connectivity index is 1.86. The number of hydrogen-bond donors (Lipinski definition) is 2. The van der Waals surface area contributed by atoms with Crippen molar-refractivity contribution in [1.82, 2.24) is 9.78 Å². The fraction of sp³-hybridized carbons (Fsp3) is 0.474. The van der Waals surface area contributed by atoms with Crippen molar-refractivity contribution in [1.29, 1.82) is 0 Å². The molecule has 0 fully saturated rings. The van der Waals surface area contributed by atoms with Crippen molar-refractivity contribution in [2.24, 2.45) is 0 Å². The predicted octanol–water partition coefficient (Wildman–Crippen LogP) is 3.29. The first-order valence-electron chi connectivity index (χ1n) is 9.32. The number of carboxylic acids is 1. The Labute approximate surface area is 166 Å². The van der Waals surface area contributed by atoms with Gasteiger partial charge in [-0.2, -0.15) is 5.10 Å². The van der Waals surface area contributed by atoms with Crippen LogP contribution in [-0.2, 0) is 22.4 Å². The molecule has 1 aliphatic carbocycles. The number of ether oxygens (including phenoxy) is 1. The average molecular weight is 405 g/mol. The number of carboxylic acid groups (broad SMARTS) is 1. The fourth-order valence-corrected chi connectivity index (χ4v) is 4.53. The first-order valence-corrected chi connectivity index (χ1v) is 10.1. The molecule has 0 spiro atoms. The van der Waals surface area contributed by atoms with E-state index >= 15 is 0 Å². The van der Waals surface area contributed by atoms with Crippen LogP contribution in [0.5, 0.6) is 0 Å². The Bertz CT molecular complexity index is 902. The lowest BCUT2D eigenvalue weighted by atomic mass is 10.1. The molecule has 0 saturated heterocycles. The summed E-state index contributed by atoms with van der Waals surface area (Å²) >= 11 is 1.42. The minimum Gasteiger partial charge on any atom is -0.478 e. The Hall–Kier alpha value is -2.68. The van der Waals surface area contributed by atoms with E-state index in [9.17, 15) is 14.4 Å². The number of nitrogens with zero attached hydrogens (tertiary/aromatic N) is 2. The first kappa shape index (κ1) is 20.1. The second-order valence-electron chi connectivity index (χ2n) is 6.67. The monoisotopic (exact) mass is 405 g/mol. The highest BCUT2D eigenvalue weighted by molar-refractivity contribution is 7.17. The van der Waals surface area contributed by atoms with Gasteiger partial charge in [0.2, 0.25) is 5.91 Å². The summed E-state index contributed by atoms with van der Waals surface area (Å²) in [4.78, 5) is 37.4. The molecule has 1 aliphatic rings. The SMILES string of the molecule is CCOC(=O)c1c(NC(=O)C(C)n2cc(C(=O)O)cn2)sc2c1CCCCC2. The van der Waals surface area contributed by atoms with Gasteiger partial charge in [0, 0.05) is 11.1 Å². The summed E-state index contributed by atoms with van der Waals surface area (Å²) in [5.41, 5.74) is 1.45. The quantitative estimate of drug-likeness (QED) is 0.564. The van der Waals surface area contributed by atoms with Gasteiger partial charge < -0.3 is 15.2 Å². The highest BCUT2D eigenvalue weighted by atomic mass is 32.1. The number of thiophene rings is 1. The van der Waals surface area contributed by atoms with Crippen molar-refractivity contribution in [2.45, 2.75) is 52.0 Å². The van der Waals surface area contributed by atoms with Gasteiger partial charge in [-0.3, -0.25) is 9.48 Å². The summed E-state index contributed by atoms with van der Waals surface area (Å²) in [7, 11) is 0. The van der Waals surface area contributed by atoms with E-state index in [-0.39, 0.29) is 18.1 Å². The van der Waals surface area contributed by atoms with E-state index in [1.54, 1.807) is 13.8 Å². The Morgan fingerprint density at radius 3 is 2.75 bits per heavy atom.